The van der Waals surface area contributed by atoms with Crippen LogP contribution >= 0.6 is 11.3 Å². The summed E-state index contributed by atoms with van der Waals surface area (Å²) in [6.07, 6.45) is 0.903. The maximum atomic E-state index is 12.3. The summed E-state index contributed by atoms with van der Waals surface area (Å²) in [6, 6.07) is 1.96. The van der Waals surface area contributed by atoms with Crippen molar-refractivity contribution >= 4 is 28.8 Å². The molecule has 1 aromatic heterocycles. The third kappa shape index (κ3) is 2.04. The van der Waals surface area contributed by atoms with Crippen LogP contribution in [0.1, 0.15) is 13.3 Å². The zero-order valence-corrected chi connectivity index (χ0v) is 11.7. The smallest absolute Gasteiger partial charge is 0.246 e. The lowest BCUT2D eigenvalue weighted by atomic mass is 9.92. The van der Waals surface area contributed by atoms with Gasteiger partial charge in [-0.3, -0.25) is 9.59 Å². The number of nitrogens with zero attached hydrogens (tertiary/aromatic N) is 2. The molecular weight excluding hydrogens is 262 g/mol. The van der Waals surface area contributed by atoms with Gasteiger partial charge in [0.05, 0.1) is 17.8 Å². The molecule has 1 aromatic rings. The summed E-state index contributed by atoms with van der Waals surface area (Å²) < 4.78 is 0. The van der Waals surface area contributed by atoms with E-state index in [0.29, 0.717) is 6.54 Å². The van der Waals surface area contributed by atoms with Crippen molar-refractivity contribution in [3.05, 3.63) is 16.8 Å². The lowest BCUT2D eigenvalue weighted by molar-refractivity contribution is -0.142. The lowest BCUT2D eigenvalue weighted by Gasteiger charge is -2.47. The maximum Gasteiger partial charge on any atom is 0.246 e. The Balaban J connectivity index is 1.92. The van der Waals surface area contributed by atoms with Crippen LogP contribution < -0.4 is 10.2 Å². The highest BCUT2D eigenvalue weighted by Gasteiger charge is 2.48. The van der Waals surface area contributed by atoms with E-state index in [2.05, 4.69) is 5.32 Å². The molecule has 0 saturated carbocycles. The van der Waals surface area contributed by atoms with Gasteiger partial charge in [-0.2, -0.15) is 11.3 Å². The second-order valence-corrected chi connectivity index (χ2v) is 6.00. The number of amides is 2. The predicted molar refractivity (Wildman–Crippen MR) is 74.3 cm³/mol. The number of nitrogens with one attached hydrogen (secondary N) is 1. The molecule has 1 spiro atoms. The van der Waals surface area contributed by atoms with Crippen LogP contribution in [0.4, 0.5) is 5.69 Å². The van der Waals surface area contributed by atoms with Crippen molar-refractivity contribution in [1.29, 1.82) is 0 Å². The van der Waals surface area contributed by atoms with Crippen molar-refractivity contribution in [2.24, 2.45) is 0 Å². The topological polar surface area (TPSA) is 52.7 Å². The van der Waals surface area contributed by atoms with Crippen LogP contribution in [0.5, 0.6) is 0 Å². The summed E-state index contributed by atoms with van der Waals surface area (Å²) >= 11 is 1.58. The zero-order valence-electron chi connectivity index (χ0n) is 10.9. The standard InChI is InChI=1S/C13H17N3O2S/c1-10(17)16-6-12(18)15(11-2-5-19-7-11)9-13(16)3-4-14-8-13/h2,5,7,14H,3-4,6,8-9H2,1H3. The number of hydrogen-bond donors (Lipinski definition) is 1. The molecule has 1 N–H and O–H groups in total. The second-order valence-electron chi connectivity index (χ2n) is 5.22. The Hall–Kier alpha value is -1.40. The van der Waals surface area contributed by atoms with Crippen LogP contribution in [0.2, 0.25) is 0 Å². The molecule has 1 atom stereocenters. The first-order valence-electron chi connectivity index (χ1n) is 6.44. The fourth-order valence-corrected chi connectivity index (χ4v) is 3.69. The van der Waals surface area contributed by atoms with Crippen LogP contribution in [-0.4, -0.2) is 48.4 Å². The van der Waals surface area contributed by atoms with Crippen molar-refractivity contribution in [3.63, 3.8) is 0 Å². The highest BCUT2D eigenvalue weighted by Crippen LogP contribution is 2.32. The molecule has 2 aliphatic rings. The average Bonchev–Trinajstić information content (AvgIpc) is 3.03. The monoisotopic (exact) mass is 279 g/mol. The number of rotatable bonds is 1. The fraction of sp³-hybridized carbons (Fsp3) is 0.538. The van der Waals surface area contributed by atoms with Crippen molar-refractivity contribution in [2.45, 2.75) is 18.9 Å². The minimum Gasteiger partial charge on any atom is -0.325 e. The van der Waals surface area contributed by atoms with Gasteiger partial charge in [0.1, 0.15) is 6.54 Å². The quantitative estimate of drug-likeness (QED) is 0.822. The van der Waals surface area contributed by atoms with E-state index in [9.17, 15) is 9.59 Å². The molecule has 2 aliphatic heterocycles. The van der Waals surface area contributed by atoms with Crippen LogP contribution in [0.25, 0.3) is 0 Å². The summed E-state index contributed by atoms with van der Waals surface area (Å²) in [5.41, 5.74) is 0.714. The number of carbonyl (C=O) groups excluding carboxylic acids is 2. The molecule has 3 heterocycles. The van der Waals surface area contributed by atoms with Gasteiger partial charge in [-0.1, -0.05) is 0 Å². The van der Waals surface area contributed by atoms with Gasteiger partial charge < -0.3 is 15.1 Å². The molecule has 0 aromatic carbocycles. The van der Waals surface area contributed by atoms with Gasteiger partial charge in [-0.25, -0.2) is 0 Å². The van der Waals surface area contributed by atoms with Crippen molar-refractivity contribution < 1.29 is 9.59 Å². The van der Waals surface area contributed by atoms with Crippen LogP contribution in [-0.2, 0) is 9.59 Å². The van der Waals surface area contributed by atoms with E-state index >= 15 is 0 Å². The van der Waals surface area contributed by atoms with E-state index in [1.165, 1.54) is 0 Å². The highest BCUT2D eigenvalue weighted by atomic mass is 32.1. The van der Waals surface area contributed by atoms with E-state index in [1.54, 1.807) is 23.2 Å². The molecule has 2 amide bonds. The van der Waals surface area contributed by atoms with Crippen molar-refractivity contribution in [3.8, 4) is 0 Å². The van der Waals surface area contributed by atoms with E-state index in [-0.39, 0.29) is 23.9 Å². The first kappa shape index (κ1) is 12.6. The molecule has 3 rings (SSSR count). The molecule has 5 nitrogen and oxygen atoms in total. The Morgan fingerprint density at radius 3 is 2.95 bits per heavy atom. The Morgan fingerprint density at radius 2 is 2.37 bits per heavy atom. The van der Waals surface area contributed by atoms with E-state index in [4.69, 9.17) is 0 Å². The third-order valence-corrected chi connectivity index (χ3v) is 4.71. The Labute approximate surface area is 116 Å². The SMILES string of the molecule is CC(=O)N1CC(=O)N(c2ccsc2)CC12CCNC2. The minimum absolute atomic E-state index is 0.00567. The molecule has 0 aliphatic carbocycles. The Morgan fingerprint density at radius 1 is 1.53 bits per heavy atom. The maximum absolute atomic E-state index is 12.3. The molecular formula is C13H17N3O2S. The van der Waals surface area contributed by atoms with Crippen molar-refractivity contribution in [1.82, 2.24) is 10.2 Å². The summed E-state index contributed by atoms with van der Waals surface area (Å²) in [5.74, 6) is -0.00635. The van der Waals surface area contributed by atoms with Crippen LogP contribution in [0.15, 0.2) is 16.8 Å². The molecule has 0 radical (unpaired) electrons. The number of hydrogen-bond acceptors (Lipinski definition) is 4. The predicted octanol–water partition coefficient (Wildman–Crippen LogP) is 0.675. The normalized spacial score (nSPS) is 27.3. The molecule has 0 bridgehead atoms. The number of thiophene rings is 1. The van der Waals surface area contributed by atoms with Gasteiger partial charge in [-0.05, 0) is 24.4 Å². The third-order valence-electron chi connectivity index (χ3n) is 4.04. The zero-order chi connectivity index (χ0) is 13.5. The van der Waals surface area contributed by atoms with Gasteiger partial charge in [-0.15, -0.1) is 0 Å². The number of carbonyl (C=O) groups is 2. The van der Waals surface area contributed by atoms with Gasteiger partial charge in [0.15, 0.2) is 0 Å². The molecule has 1 unspecified atom stereocenters. The molecule has 6 heteroatoms. The molecule has 102 valence electrons. The lowest BCUT2D eigenvalue weighted by Crippen LogP contribution is -2.66. The molecule has 2 saturated heterocycles. The van der Waals surface area contributed by atoms with Gasteiger partial charge in [0.25, 0.3) is 0 Å². The summed E-state index contributed by atoms with van der Waals surface area (Å²) in [6.45, 7) is 3.99. The summed E-state index contributed by atoms with van der Waals surface area (Å²) in [4.78, 5) is 27.7. The average molecular weight is 279 g/mol. The number of anilines is 1. The van der Waals surface area contributed by atoms with Crippen molar-refractivity contribution in [2.75, 3.05) is 31.1 Å². The first-order valence-corrected chi connectivity index (χ1v) is 7.38. The van der Waals surface area contributed by atoms with Crippen LogP contribution in [0.3, 0.4) is 0 Å². The fourth-order valence-electron chi connectivity index (χ4n) is 3.04. The van der Waals surface area contributed by atoms with Crippen LogP contribution in [0, 0.1) is 0 Å². The van der Waals surface area contributed by atoms with E-state index in [1.807, 2.05) is 21.7 Å². The summed E-state index contributed by atoms with van der Waals surface area (Å²) in [5, 5.41) is 7.27. The van der Waals surface area contributed by atoms with Gasteiger partial charge >= 0.3 is 0 Å². The Bertz CT molecular complexity index is 494. The van der Waals surface area contributed by atoms with E-state index < -0.39 is 0 Å². The highest BCUT2D eigenvalue weighted by molar-refractivity contribution is 7.08. The van der Waals surface area contributed by atoms with Gasteiger partial charge in [0, 0.05) is 18.8 Å². The second kappa shape index (κ2) is 4.61. The molecule has 2 fully saturated rings. The minimum atomic E-state index is -0.234. The van der Waals surface area contributed by atoms with E-state index in [0.717, 1.165) is 25.2 Å². The largest absolute Gasteiger partial charge is 0.325 e. The number of piperazine rings is 1. The Kier molecular flexibility index (Phi) is 3.06. The molecule has 19 heavy (non-hydrogen) atoms. The first-order chi connectivity index (χ1) is 9.12. The summed E-state index contributed by atoms with van der Waals surface area (Å²) in [7, 11) is 0. The van der Waals surface area contributed by atoms with Gasteiger partial charge in [0.2, 0.25) is 11.8 Å².